The summed E-state index contributed by atoms with van der Waals surface area (Å²) in [5.41, 5.74) is 0.829. The molecule has 0 atom stereocenters. The summed E-state index contributed by atoms with van der Waals surface area (Å²) >= 11 is 0. The molecule has 126 valence electrons. The third-order valence-electron chi connectivity index (χ3n) is 3.31. The summed E-state index contributed by atoms with van der Waals surface area (Å²) in [6.07, 6.45) is 0. The van der Waals surface area contributed by atoms with Gasteiger partial charge in [-0.15, -0.1) is 10.2 Å². The van der Waals surface area contributed by atoms with Crippen LogP contribution in [0.25, 0.3) is 0 Å². The molecule has 1 aliphatic heterocycles. The zero-order valence-electron chi connectivity index (χ0n) is 13.2. The molecule has 8 heteroatoms. The molecule has 1 amide bonds. The quantitative estimate of drug-likeness (QED) is 0.776. The molecule has 24 heavy (non-hydrogen) atoms. The number of ether oxygens (including phenoxy) is 3. The summed E-state index contributed by atoms with van der Waals surface area (Å²) in [5, 5.41) is 13.7. The van der Waals surface area contributed by atoms with Crippen molar-refractivity contribution in [3.05, 3.63) is 36.0 Å². The summed E-state index contributed by atoms with van der Waals surface area (Å²) < 4.78 is 15.9. The number of carbonyl (C=O) groups excluding carboxylic acids is 1. The second kappa shape index (κ2) is 7.60. The number of hydrogen-bond acceptors (Lipinski definition) is 7. The predicted molar refractivity (Wildman–Crippen MR) is 87.8 cm³/mol. The average Bonchev–Trinajstić information content (AvgIpc) is 2.62. The second-order valence-electron chi connectivity index (χ2n) is 5.04. The Balaban J connectivity index is 1.62. The Morgan fingerprint density at radius 3 is 2.75 bits per heavy atom. The molecule has 2 N–H and O–H groups in total. The Bertz CT molecular complexity index is 706. The van der Waals surface area contributed by atoms with Gasteiger partial charge in [-0.2, -0.15) is 0 Å². The van der Waals surface area contributed by atoms with Gasteiger partial charge < -0.3 is 24.8 Å². The maximum absolute atomic E-state index is 12.2. The van der Waals surface area contributed by atoms with Crippen molar-refractivity contribution >= 4 is 17.4 Å². The fourth-order valence-electron chi connectivity index (χ4n) is 2.15. The minimum atomic E-state index is -0.345. The molecule has 0 radical (unpaired) electrons. The van der Waals surface area contributed by atoms with Crippen LogP contribution in [0.3, 0.4) is 0 Å². The number of nitrogens with zero attached hydrogens (tertiary/aromatic N) is 2. The first-order valence-corrected chi connectivity index (χ1v) is 7.54. The van der Waals surface area contributed by atoms with Gasteiger partial charge in [0.1, 0.15) is 19.0 Å². The largest absolute Gasteiger partial charge is 0.486 e. The predicted octanol–water partition coefficient (Wildman–Crippen LogP) is 1.56. The first-order valence-electron chi connectivity index (χ1n) is 7.54. The molecule has 2 heterocycles. The highest BCUT2D eigenvalue weighted by Crippen LogP contribution is 2.32. The molecule has 2 aromatic rings. The molecule has 0 unspecified atom stereocenters. The Labute approximate surface area is 139 Å². The Hall–Kier alpha value is -2.87. The number of methoxy groups -OCH3 is 1. The first-order chi connectivity index (χ1) is 11.8. The van der Waals surface area contributed by atoms with Gasteiger partial charge >= 0.3 is 0 Å². The van der Waals surface area contributed by atoms with Crippen molar-refractivity contribution < 1.29 is 19.0 Å². The molecule has 8 nitrogen and oxygen atoms in total. The van der Waals surface area contributed by atoms with Crippen molar-refractivity contribution in [2.24, 2.45) is 0 Å². The lowest BCUT2D eigenvalue weighted by molar-refractivity contribution is 0.102. The summed E-state index contributed by atoms with van der Waals surface area (Å²) in [6, 6.07) is 8.54. The fraction of sp³-hybridized carbons (Fsp3) is 0.312. The average molecular weight is 330 g/mol. The monoisotopic (exact) mass is 330 g/mol. The van der Waals surface area contributed by atoms with Crippen molar-refractivity contribution in [2.45, 2.75) is 0 Å². The van der Waals surface area contributed by atoms with Crippen molar-refractivity contribution in [3.63, 3.8) is 0 Å². The van der Waals surface area contributed by atoms with Gasteiger partial charge in [0.05, 0.1) is 6.61 Å². The molecule has 0 aliphatic carbocycles. The van der Waals surface area contributed by atoms with Crippen molar-refractivity contribution in [1.29, 1.82) is 0 Å². The first kappa shape index (κ1) is 16.0. The number of rotatable bonds is 6. The van der Waals surface area contributed by atoms with E-state index in [0.717, 1.165) is 0 Å². The van der Waals surface area contributed by atoms with Crippen LogP contribution in [0.4, 0.5) is 11.5 Å². The fourth-order valence-corrected chi connectivity index (χ4v) is 2.15. The Morgan fingerprint density at radius 2 is 2.00 bits per heavy atom. The number of hydrogen-bond donors (Lipinski definition) is 2. The van der Waals surface area contributed by atoms with Gasteiger partial charge in [0.15, 0.2) is 17.2 Å². The van der Waals surface area contributed by atoms with E-state index >= 15 is 0 Å². The summed E-state index contributed by atoms with van der Waals surface area (Å²) in [7, 11) is 1.62. The van der Waals surface area contributed by atoms with E-state index in [-0.39, 0.29) is 11.6 Å². The van der Waals surface area contributed by atoms with Crippen LogP contribution in [-0.2, 0) is 4.74 Å². The van der Waals surface area contributed by atoms with E-state index < -0.39 is 0 Å². The number of nitrogens with one attached hydrogen (secondary N) is 2. The maximum atomic E-state index is 12.2. The molecule has 0 saturated carbocycles. The van der Waals surface area contributed by atoms with E-state index in [1.807, 2.05) is 0 Å². The maximum Gasteiger partial charge on any atom is 0.276 e. The molecule has 1 aromatic carbocycles. The molecule has 1 aromatic heterocycles. The third-order valence-corrected chi connectivity index (χ3v) is 3.31. The molecular formula is C16H18N4O4. The van der Waals surface area contributed by atoms with Gasteiger partial charge in [-0.1, -0.05) is 0 Å². The molecule has 0 bridgehead atoms. The van der Waals surface area contributed by atoms with Gasteiger partial charge in [-0.3, -0.25) is 4.79 Å². The van der Waals surface area contributed by atoms with E-state index in [2.05, 4.69) is 20.8 Å². The molecular weight excluding hydrogens is 312 g/mol. The summed E-state index contributed by atoms with van der Waals surface area (Å²) in [6.45, 7) is 2.20. The Morgan fingerprint density at radius 1 is 1.17 bits per heavy atom. The van der Waals surface area contributed by atoms with E-state index in [1.165, 1.54) is 0 Å². The van der Waals surface area contributed by atoms with Crippen LogP contribution < -0.4 is 20.1 Å². The lowest BCUT2D eigenvalue weighted by Crippen LogP contribution is -2.17. The van der Waals surface area contributed by atoms with E-state index in [1.54, 1.807) is 37.4 Å². The number of fused-ring (bicyclic) bond motifs is 1. The van der Waals surface area contributed by atoms with Gasteiger partial charge in [0.2, 0.25) is 0 Å². The zero-order chi connectivity index (χ0) is 16.8. The lowest BCUT2D eigenvalue weighted by atomic mass is 10.2. The number of aromatic nitrogens is 2. The highest BCUT2D eigenvalue weighted by molar-refractivity contribution is 6.02. The van der Waals surface area contributed by atoms with Crippen molar-refractivity contribution in [1.82, 2.24) is 10.2 Å². The standard InChI is InChI=1S/C16H18N4O4/c1-22-7-6-17-15-5-3-12(19-20-15)16(21)18-11-2-4-13-14(10-11)24-9-8-23-13/h2-5,10H,6-9H2,1H3,(H,17,20)(H,18,21). The smallest absolute Gasteiger partial charge is 0.276 e. The topological polar surface area (TPSA) is 94.6 Å². The van der Waals surface area contributed by atoms with Crippen molar-refractivity contribution in [3.8, 4) is 11.5 Å². The normalized spacial score (nSPS) is 12.5. The number of anilines is 2. The molecule has 1 aliphatic rings. The second-order valence-corrected chi connectivity index (χ2v) is 5.04. The van der Waals surface area contributed by atoms with Gasteiger partial charge in [-0.25, -0.2) is 0 Å². The van der Waals surface area contributed by atoms with E-state index in [9.17, 15) is 4.79 Å². The zero-order valence-corrected chi connectivity index (χ0v) is 13.2. The van der Waals surface area contributed by atoms with Crippen LogP contribution in [0.2, 0.25) is 0 Å². The summed E-state index contributed by atoms with van der Waals surface area (Å²) in [5.74, 6) is 1.53. The minimum absolute atomic E-state index is 0.224. The highest BCUT2D eigenvalue weighted by Gasteiger charge is 2.14. The number of carbonyl (C=O) groups is 1. The van der Waals surface area contributed by atoms with Crippen molar-refractivity contribution in [2.75, 3.05) is 44.1 Å². The third kappa shape index (κ3) is 3.90. The lowest BCUT2D eigenvalue weighted by Gasteiger charge is -2.18. The highest BCUT2D eigenvalue weighted by atomic mass is 16.6. The Kier molecular flexibility index (Phi) is 5.07. The van der Waals surface area contributed by atoms with E-state index in [0.29, 0.717) is 49.4 Å². The van der Waals surface area contributed by atoms with E-state index in [4.69, 9.17) is 14.2 Å². The van der Waals surface area contributed by atoms with Crippen LogP contribution in [0, 0.1) is 0 Å². The van der Waals surface area contributed by atoms with Crippen LogP contribution in [0.1, 0.15) is 10.5 Å². The van der Waals surface area contributed by atoms with Gasteiger partial charge in [-0.05, 0) is 24.3 Å². The molecule has 0 saturated heterocycles. The van der Waals surface area contributed by atoms with Gasteiger partial charge in [0.25, 0.3) is 5.91 Å². The molecule has 0 spiro atoms. The SMILES string of the molecule is COCCNc1ccc(C(=O)Nc2ccc3c(c2)OCCO3)nn1. The van der Waals surface area contributed by atoms with Crippen LogP contribution in [0.5, 0.6) is 11.5 Å². The number of amides is 1. The number of benzene rings is 1. The molecule has 3 rings (SSSR count). The van der Waals surface area contributed by atoms with Crippen LogP contribution in [-0.4, -0.2) is 49.6 Å². The van der Waals surface area contributed by atoms with Gasteiger partial charge in [0, 0.05) is 25.4 Å². The summed E-state index contributed by atoms with van der Waals surface area (Å²) in [4.78, 5) is 12.2. The minimum Gasteiger partial charge on any atom is -0.486 e. The van der Waals surface area contributed by atoms with Crippen LogP contribution >= 0.6 is 0 Å². The van der Waals surface area contributed by atoms with Crippen LogP contribution in [0.15, 0.2) is 30.3 Å². The molecule has 0 fully saturated rings.